The third-order valence-corrected chi connectivity index (χ3v) is 3.12. The SMILES string of the molecule is CN1CCC(OC(F)F)C12CC2. The molecule has 0 bridgehead atoms. The topological polar surface area (TPSA) is 12.5 Å². The summed E-state index contributed by atoms with van der Waals surface area (Å²) in [5, 5.41) is 0. The van der Waals surface area contributed by atoms with Crippen molar-refractivity contribution >= 4 is 0 Å². The second-order valence-electron chi connectivity index (χ2n) is 3.70. The molecule has 0 aromatic rings. The van der Waals surface area contributed by atoms with Crippen LogP contribution in [-0.2, 0) is 4.74 Å². The van der Waals surface area contributed by atoms with Crippen molar-refractivity contribution in [3.63, 3.8) is 0 Å². The predicted octanol–water partition coefficient (Wildman–Crippen LogP) is 1.46. The lowest BCUT2D eigenvalue weighted by molar-refractivity contribution is -0.170. The van der Waals surface area contributed by atoms with E-state index < -0.39 is 6.61 Å². The van der Waals surface area contributed by atoms with Crippen molar-refractivity contribution in [3.8, 4) is 0 Å². The van der Waals surface area contributed by atoms with E-state index in [4.69, 9.17) is 0 Å². The Bertz CT molecular complexity index is 182. The van der Waals surface area contributed by atoms with E-state index >= 15 is 0 Å². The second kappa shape index (κ2) is 2.64. The quantitative estimate of drug-likeness (QED) is 0.633. The molecule has 1 aliphatic carbocycles. The van der Waals surface area contributed by atoms with Gasteiger partial charge in [0.15, 0.2) is 0 Å². The van der Waals surface area contributed by atoms with Crippen LogP contribution in [0.15, 0.2) is 0 Å². The molecule has 2 nitrogen and oxygen atoms in total. The Labute approximate surface area is 70.5 Å². The molecule has 1 spiro atoms. The lowest BCUT2D eigenvalue weighted by atomic mass is 10.1. The molecular weight excluding hydrogens is 164 g/mol. The largest absolute Gasteiger partial charge is 0.345 e. The van der Waals surface area contributed by atoms with E-state index in [0.29, 0.717) is 0 Å². The molecule has 12 heavy (non-hydrogen) atoms. The van der Waals surface area contributed by atoms with Crippen LogP contribution in [0, 0.1) is 0 Å². The van der Waals surface area contributed by atoms with Crippen molar-refractivity contribution in [2.75, 3.05) is 13.6 Å². The lowest BCUT2D eigenvalue weighted by Crippen LogP contribution is -2.36. The van der Waals surface area contributed by atoms with E-state index in [1.54, 1.807) is 0 Å². The third kappa shape index (κ3) is 1.13. The molecular formula is C8H13F2NO. The lowest BCUT2D eigenvalue weighted by Gasteiger charge is -2.23. The zero-order valence-electron chi connectivity index (χ0n) is 7.09. The van der Waals surface area contributed by atoms with Crippen LogP contribution < -0.4 is 0 Å². The first kappa shape index (κ1) is 8.38. The summed E-state index contributed by atoms with van der Waals surface area (Å²) in [7, 11) is 1.99. The van der Waals surface area contributed by atoms with Gasteiger partial charge in [-0.15, -0.1) is 0 Å². The maximum Gasteiger partial charge on any atom is 0.345 e. The van der Waals surface area contributed by atoms with Crippen molar-refractivity contribution in [2.24, 2.45) is 0 Å². The summed E-state index contributed by atoms with van der Waals surface area (Å²) >= 11 is 0. The fourth-order valence-corrected chi connectivity index (χ4v) is 2.20. The molecule has 0 aromatic heterocycles. The molecule has 0 amide bonds. The summed E-state index contributed by atoms with van der Waals surface area (Å²) in [5.41, 5.74) is -0.0174. The first-order valence-electron chi connectivity index (χ1n) is 4.30. The van der Waals surface area contributed by atoms with Gasteiger partial charge in [0.25, 0.3) is 0 Å². The Balaban J connectivity index is 1.99. The molecule has 4 heteroatoms. The van der Waals surface area contributed by atoms with Gasteiger partial charge in [-0.1, -0.05) is 0 Å². The zero-order valence-corrected chi connectivity index (χ0v) is 7.09. The van der Waals surface area contributed by atoms with Crippen molar-refractivity contribution in [2.45, 2.75) is 37.5 Å². The molecule has 0 aromatic carbocycles. The van der Waals surface area contributed by atoms with E-state index in [-0.39, 0.29) is 11.6 Å². The predicted molar refractivity (Wildman–Crippen MR) is 40.1 cm³/mol. The second-order valence-corrected chi connectivity index (χ2v) is 3.70. The number of alkyl halides is 2. The monoisotopic (exact) mass is 177 g/mol. The number of likely N-dealkylation sites (N-methyl/N-ethyl adjacent to an activating group) is 1. The van der Waals surface area contributed by atoms with Crippen molar-refractivity contribution in [3.05, 3.63) is 0 Å². The highest BCUT2D eigenvalue weighted by molar-refractivity contribution is 5.12. The summed E-state index contributed by atoms with van der Waals surface area (Å²) in [6.45, 7) is -1.73. The van der Waals surface area contributed by atoms with Crippen LogP contribution >= 0.6 is 0 Å². The van der Waals surface area contributed by atoms with Gasteiger partial charge in [-0.05, 0) is 26.3 Å². The number of hydrogen-bond donors (Lipinski definition) is 0. The van der Waals surface area contributed by atoms with Crippen LogP contribution in [0.2, 0.25) is 0 Å². The van der Waals surface area contributed by atoms with Gasteiger partial charge in [-0.2, -0.15) is 8.78 Å². The molecule has 70 valence electrons. The fourth-order valence-electron chi connectivity index (χ4n) is 2.20. The smallest absolute Gasteiger partial charge is 0.318 e. The molecule has 1 aliphatic heterocycles. The number of rotatable bonds is 2. The number of nitrogens with zero attached hydrogens (tertiary/aromatic N) is 1. The van der Waals surface area contributed by atoms with Crippen molar-refractivity contribution < 1.29 is 13.5 Å². The van der Waals surface area contributed by atoms with Crippen LogP contribution in [-0.4, -0.2) is 36.7 Å². The Hall–Kier alpha value is -0.220. The maximum atomic E-state index is 11.9. The molecule has 2 fully saturated rings. The zero-order chi connectivity index (χ0) is 8.77. The first-order chi connectivity index (χ1) is 5.65. The fraction of sp³-hybridized carbons (Fsp3) is 1.00. The van der Waals surface area contributed by atoms with E-state index in [1.807, 2.05) is 7.05 Å². The van der Waals surface area contributed by atoms with Gasteiger partial charge in [0.2, 0.25) is 0 Å². The van der Waals surface area contributed by atoms with Gasteiger partial charge in [0.1, 0.15) is 0 Å². The Morgan fingerprint density at radius 1 is 1.50 bits per heavy atom. The summed E-state index contributed by atoms with van der Waals surface area (Å²) in [6.07, 6.45) is 2.55. The van der Waals surface area contributed by atoms with Crippen LogP contribution in [0.25, 0.3) is 0 Å². The van der Waals surface area contributed by atoms with Crippen molar-refractivity contribution in [1.29, 1.82) is 0 Å². The summed E-state index contributed by atoms with van der Waals surface area (Å²) in [6, 6.07) is 0. The molecule has 0 radical (unpaired) electrons. The van der Waals surface area contributed by atoms with Gasteiger partial charge < -0.3 is 4.74 Å². The summed E-state index contributed by atoms with van der Waals surface area (Å²) < 4.78 is 28.5. The van der Waals surface area contributed by atoms with E-state index in [1.165, 1.54) is 0 Å². The molecule has 1 saturated carbocycles. The number of halogens is 2. The van der Waals surface area contributed by atoms with Crippen LogP contribution in [0.4, 0.5) is 8.78 Å². The minimum atomic E-state index is -2.61. The average molecular weight is 177 g/mol. The summed E-state index contributed by atoms with van der Waals surface area (Å²) in [5.74, 6) is 0. The normalized spacial score (nSPS) is 33.5. The number of ether oxygens (including phenoxy) is 1. The van der Waals surface area contributed by atoms with Gasteiger partial charge in [-0.3, -0.25) is 4.90 Å². The van der Waals surface area contributed by atoms with Crippen LogP contribution in [0.3, 0.4) is 0 Å². The highest BCUT2D eigenvalue weighted by atomic mass is 19.3. The molecule has 2 rings (SSSR count). The van der Waals surface area contributed by atoms with E-state index in [9.17, 15) is 8.78 Å². The van der Waals surface area contributed by atoms with E-state index in [0.717, 1.165) is 25.8 Å². The van der Waals surface area contributed by atoms with Gasteiger partial charge in [0, 0.05) is 12.1 Å². The third-order valence-electron chi connectivity index (χ3n) is 3.12. The van der Waals surface area contributed by atoms with Crippen LogP contribution in [0.5, 0.6) is 0 Å². The highest BCUT2D eigenvalue weighted by Gasteiger charge is 2.57. The number of likely N-dealkylation sites (tertiary alicyclic amines) is 1. The van der Waals surface area contributed by atoms with Gasteiger partial charge in [0.05, 0.1) is 6.10 Å². The Kier molecular flexibility index (Phi) is 1.84. The van der Waals surface area contributed by atoms with E-state index in [2.05, 4.69) is 9.64 Å². The minimum Gasteiger partial charge on any atom is -0.318 e. The molecule has 2 aliphatic rings. The molecule has 1 saturated heterocycles. The first-order valence-corrected chi connectivity index (χ1v) is 4.30. The molecule has 1 heterocycles. The standard InChI is InChI=1S/C8H13F2NO/c1-11-5-2-6(12-7(9)10)8(11)3-4-8/h6-7H,2-5H2,1H3. The number of hydrogen-bond acceptors (Lipinski definition) is 2. The summed E-state index contributed by atoms with van der Waals surface area (Å²) in [4.78, 5) is 2.15. The van der Waals surface area contributed by atoms with Gasteiger partial charge in [-0.25, -0.2) is 0 Å². The van der Waals surface area contributed by atoms with Crippen LogP contribution in [0.1, 0.15) is 19.3 Å². The average Bonchev–Trinajstić information content (AvgIpc) is 2.71. The highest BCUT2D eigenvalue weighted by Crippen LogP contribution is 2.50. The Morgan fingerprint density at radius 3 is 2.67 bits per heavy atom. The van der Waals surface area contributed by atoms with Crippen molar-refractivity contribution in [1.82, 2.24) is 4.90 Å². The minimum absolute atomic E-state index is 0.0174. The molecule has 1 unspecified atom stereocenters. The maximum absolute atomic E-state index is 11.9. The molecule has 1 atom stereocenters. The molecule has 0 N–H and O–H groups in total. The Morgan fingerprint density at radius 2 is 2.17 bits per heavy atom. The van der Waals surface area contributed by atoms with Gasteiger partial charge >= 0.3 is 6.61 Å².